The van der Waals surface area contributed by atoms with Crippen molar-refractivity contribution in [2.45, 2.75) is 25.8 Å². The fourth-order valence-corrected chi connectivity index (χ4v) is 4.07. The van der Waals surface area contributed by atoms with Gasteiger partial charge in [-0.05, 0) is 42.3 Å². The van der Waals surface area contributed by atoms with Gasteiger partial charge in [0.2, 0.25) is 0 Å². The molecule has 2 aliphatic heterocycles. The molecule has 0 spiro atoms. The number of methoxy groups -OCH3 is 1. The minimum atomic E-state index is -0.756. The highest BCUT2D eigenvalue weighted by Crippen LogP contribution is 2.41. The van der Waals surface area contributed by atoms with Crippen LogP contribution in [0.2, 0.25) is 0 Å². The first-order chi connectivity index (χ1) is 16.5. The van der Waals surface area contributed by atoms with Gasteiger partial charge in [-0.15, -0.1) is 0 Å². The number of rotatable bonds is 9. The minimum Gasteiger partial charge on any atom is -0.507 e. The number of nitrogens with zero attached hydrogens (tertiary/aromatic N) is 1. The van der Waals surface area contributed by atoms with Crippen molar-refractivity contribution in [2.75, 3.05) is 40.1 Å². The third-order valence-electron chi connectivity index (χ3n) is 5.85. The van der Waals surface area contributed by atoms with E-state index in [-0.39, 0.29) is 24.5 Å². The molecule has 34 heavy (non-hydrogen) atoms. The van der Waals surface area contributed by atoms with Crippen molar-refractivity contribution in [3.05, 3.63) is 59.2 Å². The van der Waals surface area contributed by atoms with Crippen molar-refractivity contribution >= 4 is 17.4 Å². The van der Waals surface area contributed by atoms with E-state index < -0.39 is 17.7 Å². The number of likely N-dealkylation sites (tertiary alicyclic amines) is 1. The van der Waals surface area contributed by atoms with Gasteiger partial charge < -0.3 is 29.0 Å². The van der Waals surface area contributed by atoms with Gasteiger partial charge in [0.1, 0.15) is 24.7 Å². The van der Waals surface area contributed by atoms with Crippen LogP contribution in [0, 0.1) is 0 Å². The second-order valence-electron chi connectivity index (χ2n) is 8.11. The van der Waals surface area contributed by atoms with Crippen LogP contribution in [-0.4, -0.2) is 61.8 Å². The molecule has 0 aliphatic carbocycles. The Hall–Kier alpha value is -3.52. The summed E-state index contributed by atoms with van der Waals surface area (Å²) in [6, 6.07) is 11.4. The number of hydrogen-bond donors (Lipinski definition) is 1. The molecule has 4 rings (SSSR count). The number of unbranched alkanes of at least 4 members (excludes halogenated alkanes) is 1. The maximum atomic E-state index is 13.1. The van der Waals surface area contributed by atoms with Gasteiger partial charge in [-0.3, -0.25) is 9.59 Å². The molecule has 2 aliphatic rings. The van der Waals surface area contributed by atoms with E-state index in [2.05, 4.69) is 6.92 Å². The van der Waals surface area contributed by atoms with Crippen LogP contribution in [0.5, 0.6) is 17.2 Å². The molecule has 1 unspecified atom stereocenters. The lowest BCUT2D eigenvalue weighted by atomic mass is 9.95. The summed E-state index contributed by atoms with van der Waals surface area (Å²) in [6.07, 6.45) is 1.99. The van der Waals surface area contributed by atoms with E-state index in [1.165, 1.54) is 12.0 Å². The molecule has 2 aromatic carbocycles. The highest BCUT2D eigenvalue weighted by molar-refractivity contribution is 6.46. The van der Waals surface area contributed by atoms with Gasteiger partial charge in [-0.1, -0.05) is 25.5 Å². The maximum Gasteiger partial charge on any atom is 0.295 e. The third kappa shape index (κ3) is 4.72. The predicted octanol–water partition coefficient (Wildman–Crippen LogP) is 3.70. The second kappa shape index (κ2) is 10.6. The lowest BCUT2D eigenvalue weighted by molar-refractivity contribution is -0.140. The molecule has 8 nitrogen and oxygen atoms in total. The Morgan fingerprint density at radius 2 is 1.79 bits per heavy atom. The van der Waals surface area contributed by atoms with Gasteiger partial charge in [0.25, 0.3) is 11.7 Å². The van der Waals surface area contributed by atoms with Gasteiger partial charge >= 0.3 is 0 Å². The fourth-order valence-electron chi connectivity index (χ4n) is 4.07. The van der Waals surface area contributed by atoms with Crippen LogP contribution < -0.4 is 14.2 Å². The Labute approximate surface area is 198 Å². The van der Waals surface area contributed by atoms with Crippen LogP contribution in [0.3, 0.4) is 0 Å². The summed E-state index contributed by atoms with van der Waals surface area (Å²) in [4.78, 5) is 27.4. The molecule has 180 valence electrons. The van der Waals surface area contributed by atoms with Crippen molar-refractivity contribution < 1.29 is 33.6 Å². The van der Waals surface area contributed by atoms with E-state index in [1.54, 1.807) is 18.2 Å². The van der Waals surface area contributed by atoms with Gasteiger partial charge in [0, 0.05) is 19.2 Å². The van der Waals surface area contributed by atoms with Crippen molar-refractivity contribution in [2.24, 2.45) is 0 Å². The fraction of sp³-hybridized carbons (Fsp3) is 0.385. The summed E-state index contributed by atoms with van der Waals surface area (Å²) in [6.45, 7) is 4.01. The lowest BCUT2D eigenvalue weighted by Gasteiger charge is -2.25. The van der Waals surface area contributed by atoms with E-state index in [0.717, 1.165) is 12.8 Å². The molecule has 8 heteroatoms. The summed E-state index contributed by atoms with van der Waals surface area (Å²) in [5, 5.41) is 11.2. The highest BCUT2D eigenvalue weighted by atomic mass is 16.6. The lowest BCUT2D eigenvalue weighted by Crippen LogP contribution is -2.32. The number of aliphatic hydroxyl groups is 1. The quantitative estimate of drug-likeness (QED) is 0.260. The number of hydrogen-bond acceptors (Lipinski definition) is 7. The highest BCUT2D eigenvalue weighted by Gasteiger charge is 2.46. The summed E-state index contributed by atoms with van der Waals surface area (Å²) >= 11 is 0. The summed E-state index contributed by atoms with van der Waals surface area (Å²) in [5.74, 6) is 0.0789. The summed E-state index contributed by atoms with van der Waals surface area (Å²) in [5.41, 5.74) is 1.09. The van der Waals surface area contributed by atoms with Crippen LogP contribution in [-0.2, 0) is 14.3 Å². The van der Waals surface area contributed by atoms with Crippen LogP contribution in [0.4, 0.5) is 0 Å². The van der Waals surface area contributed by atoms with Crippen molar-refractivity contribution in [1.29, 1.82) is 0 Å². The van der Waals surface area contributed by atoms with Gasteiger partial charge in [-0.25, -0.2) is 0 Å². The van der Waals surface area contributed by atoms with Crippen molar-refractivity contribution in [3.8, 4) is 17.2 Å². The minimum absolute atomic E-state index is 0.0254. The Balaban J connectivity index is 1.73. The first-order valence-corrected chi connectivity index (χ1v) is 11.4. The number of benzene rings is 2. The molecule has 0 radical (unpaired) electrons. The number of Topliss-reactive ketones (excluding diaryl/α,β-unsaturated/α-hetero) is 1. The number of aliphatic hydroxyl groups excluding tert-OH is 1. The number of ketones is 1. The van der Waals surface area contributed by atoms with E-state index in [1.807, 2.05) is 24.3 Å². The second-order valence-corrected chi connectivity index (χ2v) is 8.11. The van der Waals surface area contributed by atoms with Crippen LogP contribution in [0.1, 0.15) is 36.9 Å². The molecular weight excluding hydrogens is 438 g/mol. The molecule has 0 bridgehead atoms. The average Bonchev–Trinajstić information content (AvgIpc) is 3.12. The normalized spacial score (nSPS) is 18.9. The van der Waals surface area contributed by atoms with Gasteiger partial charge in [-0.2, -0.15) is 0 Å². The first-order valence-electron chi connectivity index (χ1n) is 11.4. The summed E-state index contributed by atoms with van der Waals surface area (Å²) in [7, 11) is 1.53. The van der Waals surface area contributed by atoms with Crippen LogP contribution >= 0.6 is 0 Å². The third-order valence-corrected chi connectivity index (χ3v) is 5.85. The predicted molar refractivity (Wildman–Crippen MR) is 125 cm³/mol. The molecule has 1 N–H and O–H groups in total. The van der Waals surface area contributed by atoms with Crippen molar-refractivity contribution in [1.82, 2.24) is 4.90 Å². The molecule has 0 saturated carbocycles. The Morgan fingerprint density at radius 1 is 1.06 bits per heavy atom. The first kappa shape index (κ1) is 23.6. The van der Waals surface area contributed by atoms with E-state index in [0.29, 0.717) is 48.2 Å². The molecule has 1 amide bonds. The SMILES string of the molecule is CCCCOc1ccc(C2/C(=C(\O)c3ccc4c(c3)OCCO4)C(=O)C(=O)N2CCOC)cc1. The maximum absolute atomic E-state index is 13.1. The zero-order valence-corrected chi connectivity index (χ0v) is 19.4. The van der Waals surface area contributed by atoms with Crippen LogP contribution in [0.25, 0.3) is 5.76 Å². The monoisotopic (exact) mass is 467 g/mol. The van der Waals surface area contributed by atoms with Crippen molar-refractivity contribution in [3.63, 3.8) is 0 Å². The van der Waals surface area contributed by atoms with Gasteiger partial charge in [0.15, 0.2) is 11.5 Å². The Kier molecular flexibility index (Phi) is 7.37. The number of fused-ring (bicyclic) bond motifs is 1. The smallest absolute Gasteiger partial charge is 0.295 e. The molecule has 2 heterocycles. The standard InChI is InChI=1S/C26H29NO7/c1-3-4-12-32-19-8-5-17(6-9-19)23-22(25(29)26(30)27(23)11-13-31-2)24(28)18-7-10-20-21(16-18)34-15-14-33-20/h5-10,16,23,28H,3-4,11-15H2,1-2H3/b24-22+. The van der Waals surface area contributed by atoms with E-state index >= 15 is 0 Å². The molecule has 2 aromatic rings. The number of amides is 1. The molecule has 1 saturated heterocycles. The topological polar surface area (TPSA) is 94.5 Å². The van der Waals surface area contributed by atoms with Gasteiger partial charge in [0.05, 0.1) is 24.8 Å². The van der Waals surface area contributed by atoms with E-state index in [4.69, 9.17) is 18.9 Å². The molecular formula is C26H29NO7. The zero-order valence-electron chi connectivity index (χ0n) is 19.4. The zero-order chi connectivity index (χ0) is 24.1. The Morgan fingerprint density at radius 3 is 2.50 bits per heavy atom. The van der Waals surface area contributed by atoms with E-state index in [9.17, 15) is 14.7 Å². The molecule has 0 aromatic heterocycles. The number of carbonyl (C=O) groups excluding carboxylic acids is 2. The number of carbonyl (C=O) groups is 2. The summed E-state index contributed by atoms with van der Waals surface area (Å²) < 4.78 is 22.0. The number of ether oxygens (including phenoxy) is 4. The largest absolute Gasteiger partial charge is 0.507 e. The van der Waals surface area contributed by atoms with Crippen LogP contribution in [0.15, 0.2) is 48.0 Å². The average molecular weight is 468 g/mol. The molecule has 1 atom stereocenters. The molecule has 1 fully saturated rings. The Bertz CT molecular complexity index is 1080.